The van der Waals surface area contributed by atoms with Gasteiger partial charge in [0.2, 0.25) is 0 Å². The van der Waals surface area contributed by atoms with Crippen molar-refractivity contribution in [2.45, 2.75) is 234 Å². The molecule has 5 atom stereocenters. The quantitative estimate of drug-likeness (QED) is 0.0440. The molecular formula is C44H82O8. The highest BCUT2D eigenvalue weighted by molar-refractivity contribution is 6.05. The molecule has 0 aromatic rings. The number of unbranched alkanes of at least 4 members (excludes halogenated alkanes) is 3. The molecule has 0 heterocycles. The maximum absolute atomic E-state index is 14.7. The number of hydrogen-bond acceptors (Lipinski definition) is 8. The standard InChI is InChI=1S/C44H82O8/c1-14-26-29-34(17-4)41(20-7,21-8)50-37(46)32-44(49,40(48)52-43(24-11,25-12)36(19-6)31-28-16-3)38(33(13)45)39(47)51-42(22-9,23-10)35(18-5)30-27-15-2/h34-36,38,49H,14-32H2,1-13H3. The van der Waals surface area contributed by atoms with Gasteiger partial charge in [0, 0.05) is 0 Å². The minimum absolute atomic E-state index is 0.0150. The summed E-state index contributed by atoms with van der Waals surface area (Å²) in [5, 5.41) is 12.7. The Morgan fingerprint density at radius 3 is 1.13 bits per heavy atom. The van der Waals surface area contributed by atoms with Crippen LogP contribution >= 0.6 is 0 Å². The lowest BCUT2D eigenvalue weighted by Crippen LogP contribution is -2.59. The molecule has 0 aliphatic carbocycles. The first-order valence-corrected chi connectivity index (χ1v) is 21.5. The van der Waals surface area contributed by atoms with Gasteiger partial charge in [0.05, 0.1) is 6.42 Å². The molecule has 0 bridgehead atoms. The highest BCUT2D eigenvalue weighted by Crippen LogP contribution is 2.42. The molecule has 0 rings (SSSR count). The van der Waals surface area contributed by atoms with Gasteiger partial charge in [-0.05, 0) is 102 Å². The van der Waals surface area contributed by atoms with Crippen molar-refractivity contribution >= 4 is 23.7 Å². The van der Waals surface area contributed by atoms with E-state index in [1.165, 1.54) is 6.92 Å². The van der Waals surface area contributed by atoms with Crippen molar-refractivity contribution in [3.63, 3.8) is 0 Å². The minimum Gasteiger partial charge on any atom is -0.459 e. The smallest absolute Gasteiger partial charge is 0.340 e. The second-order valence-corrected chi connectivity index (χ2v) is 15.5. The van der Waals surface area contributed by atoms with E-state index in [4.69, 9.17) is 14.2 Å². The molecule has 0 saturated carbocycles. The van der Waals surface area contributed by atoms with Gasteiger partial charge < -0.3 is 19.3 Å². The number of carbonyl (C=O) groups excluding carboxylic acids is 4. The number of Topliss-reactive ketones (excluding diaryl/α,β-unsaturated/α-hetero) is 1. The molecule has 0 amide bonds. The molecule has 0 aliphatic heterocycles. The van der Waals surface area contributed by atoms with Crippen LogP contribution in [0.3, 0.4) is 0 Å². The molecule has 0 radical (unpaired) electrons. The Kier molecular flexibility index (Phi) is 23.5. The first kappa shape index (κ1) is 50.0. The Bertz CT molecular complexity index is 1040. The van der Waals surface area contributed by atoms with Crippen molar-refractivity contribution in [3.8, 4) is 0 Å². The van der Waals surface area contributed by atoms with Gasteiger partial charge in [-0.2, -0.15) is 0 Å². The average molecular weight is 739 g/mol. The van der Waals surface area contributed by atoms with Crippen LogP contribution in [0.4, 0.5) is 0 Å². The summed E-state index contributed by atoms with van der Waals surface area (Å²) in [6, 6.07) is 0. The molecule has 0 spiro atoms. The topological polar surface area (TPSA) is 116 Å². The summed E-state index contributed by atoms with van der Waals surface area (Å²) in [6.07, 6.45) is 12.8. The molecule has 0 aliphatic rings. The van der Waals surface area contributed by atoms with Crippen molar-refractivity contribution in [1.29, 1.82) is 0 Å². The van der Waals surface area contributed by atoms with E-state index in [1.54, 1.807) is 0 Å². The summed E-state index contributed by atoms with van der Waals surface area (Å²) >= 11 is 0. The van der Waals surface area contributed by atoms with E-state index < -0.39 is 58.4 Å². The van der Waals surface area contributed by atoms with Crippen molar-refractivity contribution in [3.05, 3.63) is 0 Å². The van der Waals surface area contributed by atoms with Crippen molar-refractivity contribution in [2.75, 3.05) is 0 Å². The SMILES string of the molecule is CCCCC(CC)C(CC)(CC)OC(=O)CC(O)(C(=O)OC(CC)(CC)C(CC)CCCC)C(C(C)=O)C(=O)OC(CC)(CC)C(CC)CCCC. The Labute approximate surface area is 319 Å². The third-order valence-corrected chi connectivity index (χ3v) is 12.8. The lowest BCUT2D eigenvalue weighted by Gasteiger charge is -2.44. The Morgan fingerprint density at radius 2 is 0.846 bits per heavy atom. The fourth-order valence-corrected chi connectivity index (χ4v) is 9.04. The highest BCUT2D eigenvalue weighted by Gasteiger charge is 2.58. The number of ether oxygens (including phenoxy) is 3. The predicted molar refractivity (Wildman–Crippen MR) is 212 cm³/mol. The number of rotatable bonds is 30. The molecule has 0 aromatic carbocycles. The zero-order chi connectivity index (χ0) is 40.2. The van der Waals surface area contributed by atoms with E-state index in [1.807, 2.05) is 41.5 Å². The maximum atomic E-state index is 14.7. The predicted octanol–water partition coefficient (Wildman–Crippen LogP) is 11.3. The van der Waals surface area contributed by atoms with Gasteiger partial charge in [-0.3, -0.25) is 14.4 Å². The highest BCUT2D eigenvalue weighted by atomic mass is 16.6. The number of esters is 3. The fourth-order valence-electron chi connectivity index (χ4n) is 9.04. The van der Waals surface area contributed by atoms with Crippen LogP contribution in [0, 0.1) is 23.7 Å². The lowest BCUT2D eigenvalue weighted by molar-refractivity contribution is -0.210. The van der Waals surface area contributed by atoms with Crippen LogP contribution in [0.1, 0.15) is 212 Å². The van der Waals surface area contributed by atoms with Gasteiger partial charge in [-0.15, -0.1) is 0 Å². The summed E-state index contributed by atoms with van der Waals surface area (Å²) in [6.45, 7) is 25.5. The van der Waals surface area contributed by atoms with Crippen LogP contribution in [0.25, 0.3) is 0 Å². The number of carbonyl (C=O) groups is 4. The summed E-state index contributed by atoms with van der Waals surface area (Å²) in [4.78, 5) is 57.1. The second-order valence-electron chi connectivity index (χ2n) is 15.5. The van der Waals surface area contributed by atoms with Crippen molar-refractivity contribution in [2.24, 2.45) is 23.7 Å². The van der Waals surface area contributed by atoms with E-state index in [0.29, 0.717) is 38.5 Å². The van der Waals surface area contributed by atoms with Gasteiger partial charge in [0.15, 0.2) is 11.5 Å². The van der Waals surface area contributed by atoms with Gasteiger partial charge in [-0.25, -0.2) is 4.79 Å². The van der Waals surface area contributed by atoms with E-state index in [0.717, 1.165) is 77.0 Å². The molecule has 0 saturated heterocycles. The Balaban J connectivity index is 7.44. The van der Waals surface area contributed by atoms with Gasteiger partial charge >= 0.3 is 17.9 Å². The van der Waals surface area contributed by atoms with E-state index in [2.05, 4.69) is 41.5 Å². The summed E-state index contributed by atoms with van der Waals surface area (Å²) < 4.78 is 19.1. The van der Waals surface area contributed by atoms with E-state index in [-0.39, 0.29) is 17.8 Å². The first-order valence-electron chi connectivity index (χ1n) is 21.5. The molecule has 0 aromatic heterocycles. The van der Waals surface area contributed by atoms with Gasteiger partial charge in [0.25, 0.3) is 0 Å². The second kappa shape index (κ2) is 24.4. The van der Waals surface area contributed by atoms with Crippen LogP contribution < -0.4 is 0 Å². The number of hydrogen-bond donors (Lipinski definition) is 1. The molecule has 1 N–H and O–H groups in total. The number of ketones is 1. The molecule has 52 heavy (non-hydrogen) atoms. The zero-order valence-electron chi connectivity index (χ0n) is 36.0. The van der Waals surface area contributed by atoms with Crippen molar-refractivity contribution in [1.82, 2.24) is 0 Å². The molecule has 8 nitrogen and oxygen atoms in total. The number of aliphatic hydroxyl groups is 1. The van der Waals surface area contributed by atoms with Crippen LogP contribution in [-0.4, -0.2) is 51.2 Å². The van der Waals surface area contributed by atoms with Crippen LogP contribution in [-0.2, 0) is 33.4 Å². The van der Waals surface area contributed by atoms with E-state index in [9.17, 15) is 24.3 Å². The molecule has 306 valence electrons. The lowest BCUT2D eigenvalue weighted by atomic mass is 9.76. The summed E-state index contributed by atoms with van der Waals surface area (Å²) in [5.41, 5.74) is -5.53. The molecule has 8 heteroatoms. The van der Waals surface area contributed by atoms with Crippen LogP contribution in [0.2, 0.25) is 0 Å². The van der Waals surface area contributed by atoms with Crippen LogP contribution in [0.15, 0.2) is 0 Å². The van der Waals surface area contributed by atoms with Gasteiger partial charge in [-0.1, -0.05) is 122 Å². The molecule has 0 fully saturated rings. The third kappa shape index (κ3) is 12.5. The third-order valence-electron chi connectivity index (χ3n) is 12.8. The normalized spacial score (nSPS) is 16.0. The fraction of sp³-hybridized carbons (Fsp3) is 0.909. The van der Waals surface area contributed by atoms with Crippen LogP contribution in [0.5, 0.6) is 0 Å². The first-order chi connectivity index (χ1) is 24.6. The average Bonchev–Trinajstić information content (AvgIpc) is 3.13. The molecular weight excluding hydrogens is 656 g/mol. The Hall–Kier alpha value is -1.96. The molecule has 5 unspecified atom stereocenters. The zero-order valence-corrected chi connectivity index (χ0v) is 36.0. The summed E-state index contributed by atoms with van der Waals surface area (Å²) in [5.74, 6) is -5.64. The summed E-state index contributed by atoms with van der Waals surface area (Å²) in [7, 11) is 0. The maximum Gasteiger partial charge on any atom is 0.340 e. The van der Waals surface area contributed by atoms with E-state index >= 15 is 0 Å². The van der Waals surface area contributed by atoms with Crippen molar-refractivity contribution < 1.29 is 38.5 Å². The minimum atomic E-state index is -2.84. The monoisotopic (exact) mass is 739 g/mol. The van der Waals surface area contributed by atoms with Gasteiger partial charge in [0.1, 0.15) is 22.6 Å². The Morgan fingerprint density at radius 1 is 0.519 bits per heavy atom. The largest absolute Gasteiger partial charge is 0.459 e.